The van der Waals surface area contributed by atoms with Crippen LogP contribution in [0.25, 0.3) is 17.0 Å². The number of Topliss-reactive ketones (excluding diaryl/α,β-unsaturated/α-hetero) is 1. The van der Waals surface area contributed by atoms with Gasteiger partial charge in [-0.2, -0.15) is 0 Å². The van der Waals surface area contributed by atoms with Crippen molar-refractivity contribution in [2.45, 2.75) is 33.5 Å². The van der Waals surface area contributed by atoms with Crippen LogP contribution >= 0.6 is 0 Å². The summed E-state index contributed by atoms with van der Waals surface area (Å²) >= 11 is 0. The van der Waals surface area contributed by atoms with E-state index < -0.39 is 0 Å². The normalized spacial score (nSPS) is 15.8. The fourth-order valence-corrected chi connectivity index (χ4v) is 5.41. The number of fused-ring (bicyclic) bond motifs is 4. The van der Waals surface area contributed by atoms with Gasteiger partial charge in [-0.15, -0.1) is 0 Å². The third-order valence-corrected chi connectivity index (χ3v) is 7.29. The lowest BCUT2D eigenvalue weighted by Crippen LogP contribution is -2.31. The zero-order valence-corrected chi connectivity index (χ0v) is 22.0. The average Bonchev–Trinajstić information content (AvgIpc) is 3.47. The molecule has 38 heavy (non-hydrogen) atoms. The van der Waals surface area contributed by atoms with Crippen molar-refractivity contribution >= 4 is 22.8 Å². The first kappa shape index (κ1) is 24.1. The SMILES string of the molecule is CCn1cc(/C=C2\Oc3c4c(cc(C)c3C2=O)OCN(Cc2ccc(OC)c(OC)c2)C4)c2ccccc21. The molecule has 0 amide bonds. The van der Waals surface area contributed by atoms with Gasteiger partial charge in [0.2, 0.25) is 5.78 Å². The Morgan fingerprint density at radius 3 is 2.66 bits per heavy atom. The largest absolute Gasteiger partial charge is 0.493 e. The van der Waals surface area contributed by atoms with Crippen LogP contribution in [0.3, 0.4) is 0 Å². The minimum absolute atomic E-state index is 0.0920. The van der Waals surface area contributed by atoms with E-state index in [0.29, 0.717) is 48.4 Å². The van der Waals surface area contributed by atoms with Crippen LogP contribution in [0, 0.1) is 6.92 Å². The van der Waals surface area contributed by atoms with Crippen molar-refractivity contribution < 1.29 is 23.7 Å². The van der Waals surface area contributed by atoms with E-state index in [0.717, 1.165) is 45.5 Å². The first-order chi connectivity index (χ1) is 18.5. The Balaban J connectivity index is 1.32. The van der Waals surface area contributed by atoms with E-state index in [1.54, 1.807) is 14.2 Å². The van der Waals surface area contributed by atoms with Gasteiger partial charge in [-0.1, -0.05) is 24.3 Å². The first-order valence-corrected chi connectivity index (χ1v) is 12.7. The van der Waals surface area contributed by atoms with Gasteiger partial charge in [-0.25, -0.2) is 0 Å². The number of aryl methyl sites for hydroxylation is 2. The minimum Gasteiger partial charge on any atom is -0.493 e. The summed E-state index contributed by atoms with van der Waals surface area (Å²) in [6.07, 6.45) is 3.95. The molecule has 0 radical (unpaired) electrons. The molecule has 0 unspecified atom stereocenters. The van der Waals surface area contributed by atoms with E-state index in [9.17, 15) is 4.79 Å². The molecule has 194 valence electrons. The minimum atomic E-state index is -0.0920. The predicted octanol–water partition coefficient (Wildman–Crippen LogP) is 5.96. The van der Waals surface area contributed by atoms with E-state index >= 15 is 0 Å². The predicted molar refractivity (Wildman–Crippen MR) is 146 cm³/mol. The highest BCUT2D eigenvalue weighted by Gasteiger charge is 2.35. The second-order valence-corrected chi connectivity index (χ2v) is 9.65. The number of methoxy groups -OCH3 is 2. The summed E-state index contributed by atoms with van der Waals surface area (Å²) in [5, 5.41) is 1.09. The number of allylic oxidation sites excluding steroid dienone is 1. The number of nitrogens with zero attached hydrogens (tertiary/aromatic N) is 2. The van der Waals surface area contributed by atoms with Crippen LogP contribution in [-0.2, 0) is 19.6 Å². The number of rotatable bonds is 6. The van der Waals surface area contributed by atoms with Crippen molar-refractivity contribution in [2.24, 2.45) is 0 Å². The van der Waals surface area contributed by atoms with Crippen molar-refractivity contribution in [3.8, 4) is 23.0 Å². The van der Waals surface area contributed by atoms with Gasteiger partial charge in [-0.05, 0) is 55.3 Å². The molecule has 2 aliphatic rings. The summed E-state index contributed by atoms with van der Waals surface area (Å²) < 4.78 is 25.5. The van der Waals surface area contributed by atoms with E-state index in [1.165, 1.54) is 0 Å². The summed E-state index contributed by atoms with van der Waals surface area (Å²) in [6, 6.07) is 16.1. The number of hydrogen-bond donors (Lipinski definition) is 0. The Morgan fingerprint density at radius 2 is 1.87 bits per heavy atom. The lowest BCUT2D eigenvalue weighted by atomic mass is 9.98. The molecule has 4 aromatic rings. The summed E-state index contributed by atoms with van der Waals surface area (Å²) in [7, 11) is 3.26. The van der Waals surface area contributed by atoms with Gasteiger partial charge >= 0.3 is 0 Å². The van der Waals surface area contributed by atoms with Gasteiger partial charge in [-0.3, -0.25) is 9.69 Å². The van der Waals surface area contributed by atoms with Crippen molar-refractivity contribution in [3.05, 3.63) is 88.3 Å². The Hall–Kier alpha value is -4.23. The van der Waals surface area contributed by atoms with Crippen LogP contribution in [0.4, 0.5) is 0 Å². The molecule has 7 nitrogen and oxygen atoms in total. The Kier molecular flexibility index (Phi) is 6.08. The van der Waals surface area contributed by atoms with Crippen LogP contribution in [0.5, 0.6) is 23.0 Å². The van der Waals surface area contributed by atoms with Crippen LogP contribution in [0.2, 0.25) is 0 Å². The monoisotopic (exact) mass is 510 g/mol. The quantitative estimate of drug-likeness (QED) is 0.299. The number of carbonyl (C=O) groups excluding carboxylic acids is 1. The molecule has 0 fully saturated rings. The fraction of sp³-hybridized carbons (Fsp3) is 0.258. The number of ketones is 1. The Labute approximate surface area is 221 Å². The second-order valence-electron chi connectivity index (χ2n) is 9.65. The molecule has 0 saturated heterocycles. The number of ether oxygens (including phenoxy) is 4. The highest BCUT2D eigenvalue weighted by atomic mass is 16.5. The summed E-state index contributed by atoms with van der Waals surface area (Å²) in [6.45, 7) is 6.58. The molecule has 2 aliphatic heterocycles. The molecule has 0 atom stereocenters. The standard InChI is InChI=1S/C31H30N2O5/c1-5-33-16-21(22-8-6-7-9-24(22)33)14-28-30(34)29-19(2)12-26-23(31(29)38-28)17-32(18-37-26)15-20-10-11-25(35-3)27(13-20)36-4/h6-14,16H,5,15,17-18H2,1-4H3/b28-14-. The molecule has 1 aromatic heterocycles. The molecule has 3 aromatic carbocycles. The topological polar surface area (TPSA) is 62.2 Å². The van der Waals surface area contributed by atoms with Crippen molar-refractivity contribution in [3.63, 3.8) is 0 Å². The number of benzene rings is 3. The molecule has 0 aliphatic carbocycles. The van der Waals surface area contributed by atoms with Gasteiger partial charge < -0.3 is 23.5 Å². The molecule has 0 spiro atoms. The molecular weight excluding hydrogens is 480 g/mol. The molecule has 0 bridgehead atoms. The Bertz CT molecular complexity index is 1600. The average molecular weight is 511 g/mol. The smallest absolute Gasteiger partial charge is 0.232 e. The zero-order chi connectivity index (χ0) is 26.4. The van der Waals surface area contributed by atoms with Crippen molar-refractivity contribution in [2.75, 3.05) is 21.0 Å². The van der Waals surface area contributed by atoms with Crippen LogP contribution in [0.1, 0.15) is 39.5 Å². The zero-order valence-electron chi connectivity index (χ0n) is 22.0. The Morgan fingerprint density at radius 1 is 1.05 bits per heavy atom. The maximum absolute atomic E-state index is 13.5. The van der Waals surface area contributed by atoms with Crippen LogP contribution in [0.15, 0.2) is 60.5 Å². The van der Waals surface area contributed by atoms with Gasteiger partial charge in [0.05, 0.1) is 25.3 Å². The summed E-state index contributed by atoms with van der Waals surface area (Å²) in [5.41, 5.74) is 5.55. The summed E-state index contributed by atoms with van der Waals surface area (Å²) in [5.74, 6) is 3.00. The van der Waals surface area contributed by atoms with E-state index in [1.807, 2.05) is 49.4 Å². The highest BCUT2D eigenvalue weighted by molar-refractivity contribution is 6.16. The number of hydrogen-bond acceptors (Lipinski definition) is 6. The van der Waals surface area contributed by atoms with Crippen molar-refractivity contribution in [1.29, 1.82) is 0 Å². The molecule has 0 N–H and O–H groups in total. The lowest BCUT2D eigenvalue weighted by Gasteiger charge is -2.30. The highest BCUT2D eigenvalue weighted by Crippen LogP contribution is 2.44. The van der Waals surface area contributed by atoms with E-state index in [4.69, 9.17) is 18.9 Å². The number of para-hydroxylation sites is 1. The lowest BCUT2D eigenvalue weighted by molar-refractivity contribution is 0.0871. The summed E-state index contributed by atoms with van der Waals surface area (Å²) in [4.78, 5) is 15.7. The van der Waals surface area contributed by atoms with Gasteiger partial charge in [0.25, 0.3) is 0 Å². The van der Waals surface area contributed by atoms with Crippen LogP contribution in [-0.4, -0.2) is 36.2 Å². The van der Waals surface area contributed by atoms with Gasteiger partial charge in [0, 0.05) is 42.3 Å². The molecule has 0 saturated carbocycles. The van der Waals surface area contributed by atoms with Gasteiger partial charge in [0.15, 0.2) is 17.3 Å². The first-order valence-electron chi connectivity index (χ1n) is 12.7. The molecule has 7 heteroatoms. The molecule has 6 rings (SSSR count). The molecule has 3 heterocycles. The van der Waals surface area contributed by atoms with E-state index in [-0.39, 0.29) is 5.78 Å². The molecular formula is C31H30N2O5. The third-order valence-electron chi connectivity index (χ3n) is 7.29. The second kappa shape index (κ2) is 9.58. The number of carbonyl (C=O) groups is 1. The maximum Gasteiger partial charge on any atom is 0.232 e. The third kappa shape index (κ3) is 4.00. The fourth-order valence-electron chi connectivity index (χ4n) is 5.41. The van der Waals surface area contributed by atoms with E-state index in [2.05, 4.69) is 34.7 Å². The van der Waals surface area contributed by atoms with Crippen LogP contribution < -0.4 is 18.9 Å². The maximum atomic E-state index is 13.5. The number of aromatic nitrogens is 1. The van der Waals surface area contributed by atoms with Gasteiger partial charge in [0.1, 0.15) is 18.2 Å². The van der Waals surface area contributed by atoms with Crippen molar-refractivity contribution in [1.82, 2.24) is 9.47 Å².